The van der Waals surface area contributed by atoms with Crippen molar-refractivity contribution in [3.05, 3.63) is 29.1 Å². The fourth-order valence-corrected chi connectivity index (χ4v) is 1.69. The Morgan fingerprint density at radius 2 is 2.00 bits per heavy atom. The van der Waals surface area contributed by atoms with Crippen LogP contribution in [0.1, 0.15) is 36.7 Å². The Kier molecular flexibility index (Phi) is 5.05. The summed E-state index contributed by atoms with van der Waals surface area (Å²) in [7, 11) is 1.21. The summed E-state index contributed by atoms with van der Waals surface area (Å²) >= 11 is 1.31. The van der Waals surface area contributed by atoms with Crippen LogP contribution in [-0.2, 0) is 4.74 Å². The molecule has 0 unspecified atom stereocenters. The highest BCUT2D eigenvalue weighted by atomic mass is 32.2. The molecular formula is C13H17FN2O2S. The van der Waals surface area contributed by atoms with Crippen LogP contribution in [0, 0.1) is 12.7 Å². The van der Waals surface area contributed by atoms with Gasteiger partial charge in [-0.1, -0.05) is 0 Å². The van der Waals surface area contributed by atoms with E-state index in [1.165, 1.54) is 31.2 Å². The van der Waals surface area contributed by atoms with Crippen molar-refractivity contribution in [1.29, 1.82) is 0 Å². The SMILES string of the molecule is COC(=O)c1c(F)ccc(/N=N/SC(C)(C)C)c1C. The zero-order chi connectivity index (χ0) is 14.6. The van der Waals surface area contributed by atoms with E-state index in [9.17, 15) is 9.18 Å². The van der Waals surface area contributed by atoms with E-state index in [1.54, 1.807) is 6.92 Å². The van der Waals surface area contributed by atoms with Crippen molar-refractivity contribution in [2.24, 2.45) is 9.63 Å². The van der Waals surface area contributed by atoms with Crippen LogP contribution in [0.15, 0.2) is 21.8 Å². The molecule has 1 rings (SSSR count). The van der Waals surface area contributed by atoms with Gasteiger partial charge in [-0.15, -0.1) is 9.63 Å². The number of ether oxygens (including phenoxy) is 1. The molecule has 0 radical (unpaired) electrons. The van der Waals surface area contributed by atoms with Crippen molar-refractivity contribution < 1.29 is 13.9 Å². The zero-order valence-corrected chi connectivity index (χ0v) is 12.5. The number of hydrogen-bond acceptors (Lipinski definition) is 5. The Labute approximate surface area is 116 Å². The van der Waals surface area contributed by atoms with Crippen LogP contribution in [0.2, 0.25) is 0 Å². The first-order valence-corrected chi connectivity index (χ1v) is 6.50. The summed E-state index contributed by atoms with van der Waals surface area (Å²) in [6, 6.07) is 2.68. The molecule has 0 aromatic heterocycles. The van der Waals surface area contributed by atoms with Gasteiger partial charge in [-0.3, -0.25) is 0 Å². The third kappa shape index (κ3) is 4.31. The number of carbonyl (C=O) groups is 1. The number of esters is 1. The average molecular weight is 284 g/mol. The van der Waals surface area contributed by atoms with Gasteiger partial charge in [0.15, 0.2) is 0 Å². The fourth-order valence-electron chi connectivity index (χ4n) is 1.32. The lowest BCUT2D eigenvalue weighted by molar-refractivity contribution is 0.0594. The topological polar surface area (TPSA) is 51.0 Å². The smallest absolute Gasteiger partial charge is 0.341 e. The lowest BCUT2D eigenvalue weighted by Gasteiger charge is -2.11. The molecular weight excluding hydrogens is 267 g/mol. The van der Waals surface area contributed by atoms with E-state index in [4.69, 9.17) is 0 Å². The number of methoxy groups -OCH3 is 1. The predicted molar refractivity (Wildman–Crippen MR) is 74.3 cm³/mol. The van der Waals surface area contributed by atoms with Crippen molar-refractivity contribution in [2.75, 3.05) is 7.11 Å². The molecule has 0 aliphatic heterocycles. The molecule has 0 atom stereocenters. The Morgan fingerprint density at radius 1 is 1.37 bits per heavy atom. The highest BCUT2D eigenvalue weighted by Crippen LogP contribution is 2.29. The molecule has 0 spiro atoms. The van der Waals surface area contributed by atoms with Crippen LogP contribution in [0.3, 0.4) is 0 Å². The molecule has 104 valence electrons. The minimum absolute atomic E-state index is 0.0530. The Hall–Kier alpha value is -1.43. The first-order chi connectivity index (χ1) is 8.76. The van der Waals surface area contributed by atoms with Crippen molar-refractivity contribution >= 4 is 23.6 Å². The third-order valence-corrected chi connectivity index (χ3v) is 2.95. The molecule has 0 aliphatic carbocycles. The number of nitrogens with zero attached hydrogens (tertiary/aromatic N) is 2. The van der Waals surface area contributed by atoms with Crippen LogP contribution in [0.5, 0.6) is 0 Å². The molecule has 0 saturated carbocycles. The molecule has 0 fully saturated rings. The summed E-state index contributed by atoms with van der Waals surface area (Å²) in [6.45, 7) is 7.64. The summed E-state index contributed by atoms with van der Waals surface area (Å²) in [6.07, 6.45) is 0. The van der Waals surface area contributed by atoms with E-state index in [-0.39, 0.29) is 10.3 Å². The number of rotatable bonds is 3. The van der Waals surface area contributed by atoms with Crippen molar-refractivity contribution in [3.63, 3.8) is 0 Å². The van der Waals surface area contributed by atoms with Crippen LogP contribution < -0.4 is 0 Å². The molecule has 1 aromatic rings. The van der Waals surface area contributed by atoms with E-state index in [0.29, 0.717) is 11.3 Å². The van der Waals surface area contributed by atoms with Gasteiger partial charge in [-0.05, 0) is 45.4 Å². The molecule has 0 bridgehead atoms. The summed E-state index contributed by atoms with van der Waals surface area (Å²) in [5.74, 6) is -1.33. The van der Waals surface area contributed by atoms with Crippen LogP contribution in [0.25, 0.3) is 0 Å². The normalized spacial score (nSPS) is 11.9. The zero-order valence-electron chi connectivity index (χ0n) is 11.7. The summed E-state index contributed by atoms with van der Waals surface area (Å²) < 4.78 is 22.1. The number of hydrogen-bond donors (Lipinski definition) is 0. The largest absolute Gasteiger partial charge is 0.465 e. The van der Waals surface area contributed by atoms with E-state index in [0.717, 1.165) is 0 Å². The second kappa shape index (κ2) is 6.14. The molecule has 0 heterocycles. The van der Waals surface area contributed by atoms with Crippen molar-refractivity contribution in [1.82, 2.24) is 0 Å². The number of halogens is 1. The van der Waals surface area contributed by atoms with Gasteiger partial charge in [0.2, 0.25) is 0 Å². The van der Waals surface area contributed by atoms with Gasteiger partial charge in [0.1, 0.15) is 11.4 Å². The molecule has 0 N–H and O–H groups in total. The van der Waals surface area contributed by atoms with Crippen LogP contribution in [0.4, 0.5) is 10.1 Å². The van der Waals surface area contributed by atoms with Gasteiger partial charge in [-0.2, -0.15) is 0 Å². The Morgan fingerprint density at radius 3 is 2.53 bits per heavy atom. The lowest BCUT2D eigenvalue weighted by atomic mass is 10.1. The van der Waals surface area contributed by atoms with Crippen LogP contribution >= 0.6 is 11.9 Å². The maximum Gasteiger partial charge on any atom is 0.341 e. The van der Waals surface area contributed by atoms with Gasteiger partial charge in [0, 0.05) is 16.7 Å². The monoisotopic (exact) mass is 284 g/mol. The maximum absolute atomic E-state index is 13.6. The van der Waals surface area contributed by atoms with Crippen molar-refractivity contribution in [3.8, 4) is 0 Å². The minimum Gasteiger partial charge on any atom is -0.465 e. The number of benzene rings is 1. The summed E-state index contributed by atoms with van der Waals surface area (Å²) in [5.41, 5.74) is 0.781. The van der Waals surface area contributed by atoms with E-state index in [2.05, 4.69) is 14.4 Å². The Bertz CT molecular complexity index is 510. The molecule has 6 heteroatoms. The molecule has 19 heavy (non-hydrogen) atoms. The maximum atomic E-state index is 13.6. The van der Waals surface area contributed by atoms with Crippen LogP contribution in [-0.4, -0.2) is 17.8 Å². The standard InChI is InChI=1S/C13H17FN2O2S/c1-8-10(15-16-19-13(2,3)4)7-6-9(14)11(8)12(17)18-5/h6-7H,1-5H3/b16-15+. The molecule has 4 nitrogen and oxygen atoms in total. The number of carbonyl (C=O) groups excluding carboxylic acids is 1. The van der Waals surface area contributed by atoms with E-state index < -0.39 is 11.8 Å². The van der Waals surface area contributed by atoms with Gasteiger partial charge in [0.05, 0.1) is 12.8 Å². The average Bonchev–Trinajstić information content (AvgIpc) is 2.30. The molecule has 0 amide bonds. The van der Waals surface area contributed by atoms with Crippen molar-refractivity contribution in [2.45, 2.75) is 32.4 Å². The first kappa shape index (κ1) is 15.6. The van der Waals surface area contributed by atoms with Gasteiger partial charge in [0.25, 0.3) is 0 Å². The lowest BCUT2D eigenvalue weighted by Crippen LogP contribution is -2.07. The minimum atomic E-state index is -0.712. The third-order valence-electron chi connectivity index (χ3n) is 2.24. The molecule has 1 aromatic carbocycles. The highest BCUT2D eigenvalue weighted by molar-refractivity contribution is 7.99. The summed E-state index contributed by atoms with van der Waals surface area (Å²) in [5, 5.41) is 4.02. The second-order valence-electron chi connectivity index (χ2n) is 4.94. The molecule has 0 saturated heterocycles. The van der Waals surface area contributed by atoms with Gasteiger partial charge >= 0.3 is 5.97 Å². The van der Waals surface area contributed by atoms with E-state index in [1.807, 2.05) is 20.8 Å². The highest BCUT2D eigenvalue weighted by Gasteiger charge is 2.18. The Balaban J connectivity index is 3.08. The molecule has 0 aliphatic rings. The quantitative estimate of drug-likeness (QED) is 0.468. The van der Waals surface area contributed by atoms with Gasteiger partial charge in [-0.25, -0.2) is 9.18 Å². The summed E-state index contributed by atoms with van der Waals surface area (Å²) in [4.78, 5) is 11.5. The van der Waals surface area contributed by atoms with E-state index >= 15 is 0 Å². The van der Waals surface area contributed by atoms with Gasteiger partial charge < -0.3 is 4.74 Å². The fraction of sp³-hybridized carbons (Fsp3) is 0.462. The predicted octanol–water partition coefficient (Wildman–Crippen LogP) is 4.45. The second-order valence-corrected chi connectivity index (χ2v) is 6.51. The first-order valence-electron chi connectivity index (χ1n) is 5.73.